The smallest absolute Gasteiger partial charge is 0.475 e. The lowest BCUT2D eigenvalue weighted by atomic mass is 9.94. The number of carboxylic acid groups (broad SMARTS) is 1. The molecule has 3 aromatic rings. The van der Waals surface area contributed by atoms with E-state index in [1.54, 1.807) is 25.5 Å². The van der Waals surface area contributed by atoms with Crippen molar-refractivity contribution in [2.75, 3.05) is 25.5 Å². The van der Waals surface area contributed by atoms with E-state index >= 15 is 0 Å². The third-order valence-electron chi connectivity index (χ3n) is 4.89. The number of fused-ring (bicyclic) bond motifs is 1. The molecule has 174 valence electrons. The minimum Gasteiger partial charge on any atom is -0.475 e. The molecule has 2 N–H and O–H groups in total. The summed E-state index contributed by atoms with van der Waals surface area (Å²) in [5, 5.41) is 12.2. The molecular weight excluding hydrogens is 460 g/mol. The number of hydrogen-bond donors (Lipinski definition) is 2. The second-order valence-electron chi connectivity index (χ2n) is 6.97. The van der Waals surface area contributed by atoms with Crippen LogP contribution in [0.15, 0.2) is 31.0 Å². The van der Waals surface area contributed by atoms with E-state index in [2.05, 4.69) is 20.1 Å². The Morgan fingerprint density at radius 1 is 1.31 bits per heavy atom. The van der Waals surface area contributed by atoms with Crippen molar-refractivity contribution in [1.82, 2.24) is 29.0 Å². The number of aromatic nitrogens is 5. The first-order valence-corrected chi connectivity index (χ1v) is 10.7. The lowest BCUT2D eigenvalue weighted by Crippen LogP contribution is -2.65. The van der Waals surface area contributed by atoms with Crippen LogP contribution in [0.5, 0.6) is 0 Å². The zero-order valence-corrected chi connectivity index (χ0v) is 17.4. The van der Waals surface area contributed by atoms with Crippen LogP contribution in [0.4, 0.5) is 17.6 Å². The maximum absolute atomic E-state index is 13.7. The highest BCUT2D eigenvalue weighted by Crippen LogP contribution is 2.33. The summed E-state index contributed by atoms with van der Waals surface area (Å²) in [6.07, 6.45) is 1.47. The van der Waals surface area contributed by atoms with Gasteiger partial charge in [-0.1, -0.05) is 0 Å². The van der Waals surface area contributed by atoms with Crippen LogP contribution in [-0.2, 0) is 20.4 Å². The summed E-state index contributed by atoms with van der Waals surface area (Å²) < 4.78 is 72.1. The van der Waals surface area contributed by atoms with Crippen LogP contribution in [0.1, 0.15) is 6.92 Å². The van der Waals surface area contributed by atoms with Crippen LogP contribution < -0.4 is 0 Å². The first kappa shape index (κ1) is 23.6. The molecule has 1 aliphatic heterocycles. The van der Waals surface area contributed by atoms with Gasteiger partial charge in [-0.05, 0) is 13.0 Å². The number of nitrogens with one attached hydrogen (secondary N) is 1. The number of carbonyl (C=O) groups is 1. The lowest BCUT2D eigenvalue weighted by Gasteiger charge is -2.47. The molecule has 0 atom stereocenters. The zero-order valence-electron chi connectivity index (χ0n) is 16.5. The largest absolute Gasteiger partial charge is 0.490 e. The monoisotopic (exact) mass is 478 g/mol. The highest BCUT2D eigenvalue weighted by Gasteiger charge is 2.50. The van der Waals surface area contributed by atoms with Gasteiger partial charge in [-0.25, -0.2) is 27.6 Å². The molecule has 32 heavy (non-hydrogen) atoms. The Morgan fingerprint density at radius 3 is 2.53 bits per heavy atom. The van der Waals surface area contributed by atoms with Crippen LogP contribution in [0, 0.1) is 0 Å². The number of carboxylic acids is 1. The fourth-order valence-electron chi connectivity index (χ4n) is 3.09. The minimum atomic E-state index is -5.08. The van der Waals surface area contributed by atoms with Crippen molar-refractivity contribution >= 4 is 27.0 Å². The lowest BCUT2D eigenvalue weighted by molar-refractivity contribution is -0.192. The number of aromatic amines is 1. The van der Waals surface area contributed by atoms with Crippen molar-refractivity contribution in [1.29, 1.82) is 0 Å². The highest BCUT2D eigenvalue weighted by molar-refractivity contribution is 7.89. The molecule has 4 rings (SSSR count). The number of H-pyrrole nitrogens is 1. The van der Waals surface area contributed by atoms with Gasteiger partial charge >= 0.3 is 12.1 Å². The Kier molecular flexibility index (Phi) is 6.24. The van der Waals surface area contributed by atoms with Crippen LogP contribution in [0.3, 0.4) is 0 Å². The summed E-state index contributed by atoms with van der Waals surface area (Å²) in [6, 6.07) is 1.87. The molecule has 1 saturated heterocycles. The average Bonchev–Trinajstić information content (AvgIpc) is 3.37. The van der Waals surface area contributed by atoms with Crippen molar-refractivity contribution in [3.05, 3.63) is 31.0 Å². The van der Waals surface area contributed by atoms with Crippen LogP contribution >= 0.6 is 0 Å². The SMILES string of the molecule is CCS(=O)(=O)N1CC(CF)(n2cc(-c3ncnc4[nH]ccc34)cn2)C1.O=C(O)C(F)(F)F. The Balaban J connectivity index is 0.000000360. The third-order valence-corrected chi connectivity index (χ3v) is 6.66. The standard InChI is InChI=1S/C15H17FN6O2S.C2HF3O2/c1-2-25(23,24)21-8-15(7-16,9-21)22-6-11(5-20-22)13-12-3-4-17-14(12)19-10-18-13;3-2(4,5)1(6)7/h3-6,10H,2,7-9H2,1H3,(H,17,18,19);(H,6,7). The maximum atomic E-state index is 13.7. The van der Waals surface area contributed by atoms with E-state index in [0.717, 1.165) is 10.9 Å². The van der Waals surface area contributed by atoms with Crippen molar-refractivity contribution in [2.24, 2.45) is 0 Å². The van der Waals surface area contributed by atoms with E-state index in [9.17, 15) is 26.0 Å². The molecule has 0 bridgehead atoms. The Hall–Kier alpha value is -3.07. The molecule has 0 saturated carbocycles. The molecule has 0 spiro atoms. The van der Waals surface area contributed by atoms with E-state index in [0.29, 0.717) is 11.3 Å². The molecule has 0 aliphatic carbocycles. The maximum Gasteiger partial charge on any atom is 0.490 e. The summed E-state index contributed by atoms with van der Waals surface area (Å²) in [5.74, 6) is -2.75. The van der Waals surface area contributed by atoms with Gasteiger partial charge in [0.1, 0.15) is 24.2 Å². The molecule has 0 aromatic carbocycles. The fourth-order valence-corrected chi connectivity index (χ4v) is 4.33. The summed E-state index contributed by atoms with van der Waals surface area (Å²) >= 11 is 0. The highest BCUT2D eigenvalue weighted by atomic mass is 32.2. The van der Waals surface area contributed by atoms with Crippen LogP contribution in [0.25, 0.3) is 22.3 Å². The van der Waals surface area contributed by atoms with E-state index in [1.807, 2.05) is 6.07 Å². The van der Waals surface area contributed by atoms with Gasteiger partial charge in [0, 0.05) is 36.4 Å². The van der Waals surface area contributed by atoms with Gasteiger partial charge in [0.15, 0.2) is 0 Å². The van der Waals surface area contributed by atoms with Crippen LogP contribution in [0.2, 0.25) is 0 Å². The summed E-state index contributed by atoms with van der Waals surface area (Å²) in [4.78, 5) is 20.4. The summed E-state index contributed by atoms with van der Waals surface area (Å²) in [5.41, 5.74) is 1.19. The minimum absolute atomic E-state index is 0.00608. The molecule has 15 heteroatoms. The average molecular weight is 478 g/mol. The number of nitrogens with zero attached hydrogens (tertiary/aromatic N) is 5. The van der Waals surface area contributed by atoms with Crippen molar-refractivity contribution in [3.8, 4) is 11.3 Å². The van der Waals surface area contributed by atoms with E-state index in [-0.39, 0.29) is 18.8 Å². The summed E-state index contributed by atoms with van der Waals surface area (Å²) in [7, 11) is -3.32. The Bertz CT molecular complexity index is 1220. The van der Waals surface area contributed by atoms with Gasteiger partial charge in [-0.3, -0.25) is 4.68 Å². The third kappa shape index (κ3) is 4.43. The van der Waals surface area contributed by atoms with Gasteiger partial charge in [0.2, 0.25) is 10.0 Å². The van der Waals surface area contributed by atoms with E-state index in [4.69, 9.17) is 9.90 Å². The number of rotatable bonds is 5. The number of hydrogen-bond acceptors (Lipinski definition) is 6. The van der Waals surface area contributed by atoms with Gasteiger partial charge in [-0.2, -0.15) is 22.6 Å². The number of alkyl halides is 4. The second kappa shape index (κ2) is 8.46. The molecule has 0 amide bonds. The van der Waals surface area contributed by atoms with Gasteiger partial charge in [-0.15, -0.1) is 0 Å². The molecule has 4 heterocycles. The van der Waals surface area contributed by atoms with E-state index in [1.165, 1.54) is 15.3 Å². The first-order valence-electron chi connectivity index (χ1n) is 9.11. The van der Waals surface area contributed by atoms with Crippen LogP contribution in [-0.4, -0.2) is 80.2 Å². The normalized spacial score (nSPS) is 16.3. The summed E-state index contributed by atoms with van der Waals surface area (Å²) in [6.45, 7) is 1.06. The van der Waals surface area contributed by atoms with Gasteiger partial charge < -0.3 is 10.1 Å². The zero-order chi connectivity index (χ0) is 23.7. The Morgan fingerprint density at radius 2 is 1.97 bits per heavy atom. The molecule has 1 aliphatic rings. The van der Waals surface area contributed by atoms with E-state index < -0.39 is 34.4 Å². The predicted octanol–water partition coefficient (Wildman–Crippen LogP) is 1.78. The molecular formula is C17H18F4N6O4S. The number of aliphatic carboxylic acids is 1. The Labute approximate surface area is 178 Å². The molecule has 1 fully saturated rings. The number of halogens is 4. The molecule has 0 radical (unpaired) electrons. The quantitative estimate of drug-likeness (QED) is 0.534. The van der Waals surface area contributed by atoms with Crippen molar-refractivity contribution in [2.45, 2.75) is 18.6 Å². The predicted molar refractivity (Wildman–Crippen MR) is 104 cm³/mol. The molecule has 3 aromatic heterocycles. The van der Waals surface area contributed by atoms with Crippen molar-refractivity contribution in [3.63, 3.8) is 0 Å². The molecule has 0 unspecified atom stereocenters. The van der Waals surface area contributed by atoms with Gasteiger partial charge in [0.05, 0.1) is 17.6 Å². The molecule has 10 nitrogen and oxygen atoms in total. The van der Waals surface area contributed by atoms with Crippen molar-refractivity contribution < 1.29 is 35.9 Å². The second-order valence-corrected chi connectivity index (χ2v) is 9.22. The number of sulfonamides is 1. The van der Waals surface area contributed by atoms with Gasteiger partial charge in [0.25, 0.3) is 0 Å². The first-order chi connectivity index (χ1) is 14.9. The topological polar surface area (TPSA) is 134 Å². The fraction of sp³-hybridized carbons (Fsp3) is 0.412.